The fourth-order valence-electron chi connectivity index (χ4n) is 1.77. The van der Waals surface area contributed by atoms with E-state index < -0.39 is 0 Å². The molecular formula is C14H15ClN2OS. The molecule has 100 valence electrons. The topological polar surface area (TPSA) is 36.1 Å². The predicted molar refractivity (Wildman–Crippen MR) is 79.8 cm³/mol. The van der Waals surface area contributed by atoms with Crippen molar-refractivity contribution in [1.82, 2.24) is 9.88 Å². The van der Waals surface area contributed by atoms with Gasteiger partial charge >= 0.3 is 0 Å². The van der Waals surface area contributed by atoms with Crippen molar-refractivity contribution < 1.29 is 4.79 Å². The van der Waals surface area contributed by atoms with Crippen molar-refractivity contribution in [3.63, 3.8) is 0 Å². The van der Waals surface area contributed by atoms with Crippen molar-refractivity contribution in [3.8, 4) is 0 Å². The van der Waals surface area contributed by atoms with Crippen LogP contribution in [0.1, 0.15) is 16.1 Å². The second-order valence-corrected chi connectivity index (χ2v) is 5.56. The zero-order valence-corrected chi connectivity index (χ0v) is 12.4. The van der Waals surface area contributed by atoms with Crippen LogP contribution >= 0.6 is 23.4 Å². The number of nitrogens with zero attached hydrogens (tertiary/aromatic N) is 1. The highest BCUT2D eigenvalue weighted by atomic mass is 35.5. The first-order valence-corrected chi connectivity index (χ1v) is 7.42. The van der Waals surface area contributed by atoms with Crippen molar-refractivity contribution in [2.75, 3.05) is 13.3 Å². The van der Waals surface area contributed by atoms with E-state index >= 15 is 0 Å². The van der Waals surface area contributed by atoms with E-state index in [9.17, 15) is 4.79 Å². The Morgan fingerprint density at radius 1 is 1.37 bits per heavy atom. The maximum atomic E-state index is 12.1. The van der Waals surface area contributed by atoms with Gasteiger partial charge in [-0.05, 0) is 30.0 Å². The van der Waals surface area contributed by atoms with Crippen LogP contribution in [0, 0.1) is 0 Å². The summed E-state index contributed by atoms with van der Waals surface area (Å²) >= 11 is 7.50. The number of halogens is 1. The molecule has 5 heteroatoms. The molecule has 1 heterocycles. The number of carbonyl (C=O) groups is 1. The molecule has 0 aliphatic carbocycles. The molecule has 0 fully saturated rings. The zero-order chi connectivity index (χ0) is 13.8. The molecule has 3 nitrogen and oxygen atoms in total. The number of H-pyrrole nitrogens is 1. The summed E-state index contributed by atoms with van der Waals surface area (Å²) in [5.74, 6) is -0.0687. The molecule has 0 saturated heterocycles. The standard InChI is InChI=1S/C14H15ClN2OS/c1-17(14(18)13-7-11(15)8-16-13)9-10-3-5-12(19-2)6-4-10/h3-8,16H,9H2,1-2H3. The van der Waals surface area contributed by atoms with Crippen LogP contribution in [-0.4, -0.2) is 29.1 Å². The Balaban J connectivity index is 2.03. The van der Waals surface area contributed by atoms with E-state index in [0.717, 1.165) is 5.56 Å². The molecule has 0 atom stereocenters. The number of hydrogen-bond acceptors (Lipinski definition) is 2. The smallest absolute Gasteiger partial charge is 0.270 e. The van der Waals surface area contributed by atoms with Crippen LogP contribution in [0.3, 0.4) is 0 Å². The molecule has 1 N–H and O–H groups in total. The maximum absolute atomic E-state index is 12.1. The summed E-state index contributed by atoms with van der Waals surface area (Å²) in [6.45, 7) is 0.574. The number of aromatic nitrogens is 1. The number of aromatic amines is 1. The molecule has 0 radical (unpaired) electrons. The van der Waals surface area contributed by atoms with E-state index in [4.69, 9.17) is 11.6 Å². The quantitative estimate of drug-likeness (QED) is 0.874. The molecule has 0 spiro atoms. The molecule has 0 aliphatic rings. The predicted octanol–water partition coefficient (Wildman–Crippen LogP) is 3.66. The van der Waals surface area contributed by atoms with Crippen LogP contribution in [0.15, 0.2) is 41.4 Å². The molecule has 1 aromatic heterocycles. The minimum atomic E-state index is -0.0687. The number of hydrogen-bond donors (Lipinski definition) is 1. The SMILES string of the molecule is CSc1ccc(CN(C)C(=O)c2cc(Cl)c[nH]2)cc1. The highest BCUT2D eigenvalue weighted by molar-refractivity contribution is 7.98. The van der Waals surface area contributed by atoms with Gasteiger partial charge in [0.15, 0.2) is 0 Å². The molecule has 2 rings (SSSR count). The highest BCUT2D eigenvalue weighted by Crippen LogP contribution is 2.16. The maximum Gasteiger partial charge on any atom is 0.270 e. The van der Waals surface area contributed by atoms with E-state index in [1.807, 2.05) is 18.4 Å². The Morgan fingerprint density at radius 2 is 2.05 bits per heavy atom. The van der Waals surface area contributed by atoms with Gasteiger partial charge in [-0.2, -0.15) is 0 Å². The average molecular weight is 295 g/mol. The molecule has 0 bridgehead atoms. The Kier molecular flexibility index (Phi) is 4.56. The molecule has 0 saturated carbocycles. The third-order valence-electron chi connectivity index (χ3n) is 2.80. The molecular weight excluding hydrogens is 280 g/mol. The average Bonchev–Trinajstić information content (AvgIpc) is 2.85. The van der Waals surface area contributed by atoms with E-state index in [-0.39, 0.29) is 5.91 Å². The second kappa shape index (κ2) is 6.17. The molecule has 2 aromatic rings. The third kappa shape index (κ3) is 3.55. The van der Waals surface area contributed by atoms with Gasteiger partial charge in [0.25, 0.3) is 5.91 Å². The van der Waals surface area contributed by atoms with Crippen molar-refractivity contribution in [2.24, 2.45) is 0 Å². The van der Waals surface area contributed by atoms with Crippen LogP contribution in [-0.2, 0) is 6.54 Å². The number of thioether (sulfide) groups is 1. The van der Waals surface area contributed by atoms with Gasteiger partial charge in [0.2, 0.25) is 0 Å². The van der Waals surface area contributed by atoms with Gasteiger partial charge < -0.3 is 9.88 Å². The molecule has 1 amide bonds. The summed E-state index contributed by atoms with van der Waals surface area (Å²) < 4.78 is 0. The molecule has 0 unspecified atom stereocenters. The van der Waals surface area contributed by atoms with Gasteiger partial charge in [0, 0.05) is 24.7 Å². The van der Waals surface area contributed by atoms with E-state index in [0.29, 0.717) is 17.3 Å². The van der Waals surface area contributed by atoms with E-state index in [2.05, 4.69) is 17.1 Å². The van der Waals surface area contributed by atoms with Crippen LogP contribution in [0.2, 0.25) is 5.02 Å². The van der Waals surface area contributed by atoms with E-state index in [1.165, 1.54) is 4.90 Å². The summed E-state index contributed by atoms with van der Waals surface area (Å²) in [5.41, 5.74) is 1.61. The van der Waals surface area contributed by atoms with Gasteiger partial charge in [0.05, 0.1) is 5.02 Å². The Morgan fingerprint density at radius 3 is 2.58 bits per heavy atom. The lowest BCUT2D eigenvalue weighted by Gasteiger charge is -2.16. The Hall–Kier alpha value is -1.39. The monoisotopic (exact) mass is 294 g/mol. The highest BCUT2D eigenvalue weighted by Gasteiger charge is 2.13. The fourth-order valence-corrected chi connectivity index (χ4v) is 2.35. The van der Waals surface area contributed by atoms with Crippen LogP contribution in [0.25, 0.3) is 0 Å². The number of rotatable bonds is 4. The van der Waals surface area contributed by atoms with Crippen LogP contribution < -0.4 is 0 Å². The number of nitrogens with one attached hydrogen (secondary N) is 1. The van der Waals surface area contributed by atoms with Crippen LogP contribution in [0.4, 0.5) is 0 Å². The normalized spacial score (nSPS) is 10.5. The minimum Gasteiger partial charge on any atom is -0.356 e. The van der Waals surface area contributed by atoms with Crippen molar-refractivity contribution in [3.05, 3.63) is 52.8 Å². The minimum absolute atomic E-state index is 0.0687. The summed E-state index contributed by atoms with van der Waals surface area (Å²) in [6.07, 6.45) is 3.65. The summed E-state index contributed by atoms with van der Waals surface area (Å²) in [5, 5.41) is 0.543. The first-order chi connectivity index (χ1) is 9.10. The van der Waals surface area contributed by atoms with Crippen molar-refractivity contribution >= 4 is 29.3 Å². The molecule has 0 aliphatic heterocycles. The Bertz CT molecular complexity index is 565. The number of amides is 1. The van der Waals surface area contributed by atoms with Crippen LogP contribution in [0.5, 0.6) is 0 Å². The second-order valence-electron chi connectivity index (χ2n) is 4.24. The lowest BCUT2D eigenvalue weighted by molar-refractivity contribution is 0.0780. The Labute approximate surface area is 122 Å². The number of benzene rings is 1. The largest absolute Gasteiger partial charge is 0.356 e. The van der Waals surface area contributed by atoms with Gasteiger partial charge in [-0.3, -0.25) is 4.79 Å². The summed E-state index contributed by atoms with van der Waals surface area (Å²) in [6, 6.07) is 9.83. The molecule has 1 aromatic carbocycles. The first kappa shape index (κ1) is 14.0. The van der Waals surface area contributed by atoms with Gasteiger partial charge in [-0.15, -0.1) is 11.8 Å². The summed E-state index contributed by atoms with van der Waals surface area (Å²) in [4.78, 5) is 17.9. The lowest BCUT2D eigenvalue weighted by atomic mass is 10.2. The van der Waals surface area contributed by atoms with E-state index in [1.54, 1.807) is 36.0 Å². The lowest BCUT2D eigenvalue weighted by Crippen LogP contribution is -2.26. The fraction of sp³-hybridized carbons (Fsp3) is 0.214. The third-order valence-corrected chi connectivity index (χ3v) is 3.77. The van der Waals surface area contributed by atoms with Gasteiger partial charge in [-0.1, -0.05) is 23.7 Å². The van der Waals surface area contributed by atoms with Gasteiger partial charge in [0.1, 0.15) is 5.69 Å². The first-order valence-electron chi connectivity index (χ1n) is 5.82. The van der Waals surface area contributed by atoms with Gasteiger partial charge in [-0.25, -0.2) is 0 Å². The summed E-state index contributed by atoms with van der Waals surface area (Å²) in [7, 11) is 1.78. The van der Waals surface area contributed by atoms with Crippen molar-refractivity contribution in [1.29, 1.82) is 0 Å². The van der Waals surface area contributed by atoms with Crippen molar-refractivity contribution in [2.45, 2.75) is 11.4 Å². The zero-order valence-electron chi connectivity index (χ0n) is 10.8. The number of carbonyl (C=O) groups excluding carboxylic acids is 1. The molecule has 19 heavy (non-hydrogen) atoms.